The number of nitrogens with zero attached hydrogens (tertiary/aromatic N) is 2. The van der Waals surface area contributed by atoms with Crippen molar-refractivity contribution in [1.82, 2.24) is 4.98 Å². The van der Waals surface area contributed by atoms with Crippen LogP contribution in [0.1, 0.15) is 20.1 Å². The number of oxime groups is 1. The van der Waals surface area contributed by atoms with Crippen LogP contribution < -0.4 is 11.1 Å². The Hall–Kier alpha value is -3.19. The number of para-hydroxylation sites is 2. The smallest absolute Gasteiger partial charge is 0.265 e. The zero-order chi connectivity index (χ0) is 17.5. The van der Waals surface area contributed by atoms with Gasteiger partial charge in [-0.1, -0.05) is 23.4 Å². The van der Waals surface area contributed by atoms with Crippen LogP contribution in [0.15, 0.2) is 66.1 Å². The van der Waals surface area contributed by atoms with Crippen LogP contribution in [0.2, 0.25) is 0 Å². The van der Waals surface area contributed by atoms with Crippen molar-refractivity contribution in [3.63, 3.8) is 0 Å². The van der Waals surface area contributed by atoms with Crippen molar-refractivity contribution in [3.05, 3.63) is 76.2 Å². The Labute approximate surface area is 149 Å². The number of rotatable bonds is 6. The predicted molar refractivity (Wildman–Crippen MR) is 99.7 cm³/mol. The number of thiophene rings is 1. The lowest BCUT2D eigenvalue weighted by Crippen LogP contribution is -2.11. The summed E-state index contributed by atoms with van der Waals surface area (Å²) in [4.78, 5) is 23.0. The van der Waals surface area contributed by atoms with E-state index in [0.29, 0.717) is 22.9 Å². The van der Waals surface area contributed by atoms with Crippen molar-refractivity contribution < 1.29 is 9.63 Å². The standard InChI is InChI=1S/C18H16N4O2S/c19-15-5-1-2-6-16(15)22-18(23)17-8-7-14(25-17)12-24-21-11-13-4-3-9-20-10-13/h1-11H,12,19H2,(H,22,23). The molecule has 0 bridgehead atoms. The molecule has 3 N–H and O–H groups in total. The van der Waals surface area contributed by atoms with Crippen molar-refractivity contribution in [3.8, 4) is 0 Å². The van der Waals surface area contributed by atoms with Crippen molar-refractivity contribution in [2.45, 2.75) is 6.61 Å². The van der Waals surface area contributed by atoms with Crippen molar-refractivity contribution in [2.24, 2.45) is 5.16 Å². The number of anilines is 2. The number of nitrogen functional groups attached to an aromatic ring is 1. The van der Waals surface area contributed by atoms with E-state index < -0.39 is 0 Å². The first-order chi connectivity index (χ1) is 12.2. The summed E-state index contributed by atoms with van der Waals surface area (Å²) in [5.74, 6) is -0.201. The molecule has 0 aliphatic carbocycles. The highest BCUT2D eigenvalue weighted by atomic mass is 32.1. The molecule has 3 rings (SSSR count). The van der Waals surface area contributed by atoms with Gasteiger partial charge in [0.1, 0.15) is 0 Å². The summed E-state index contributed by atoms with van der Waals surface area (Å²) in [6.07, 6.45) is 4.97. The fraction of sp³-hybridized carbons (Fsp3) is 0.0556. The second-order valence-electron chi connectivity index (χ2n) is 5.10. The average Bonchev–Trinajstić information content (AvgIpc) is 3.11. The maximum atomic E-state index is 12.3. The molecule has 2 heterocycles. The molecule has 1 aromatic carbocycles. The van der Waals surface area contributed by atoms with Gasteiger partial charge in [0, 0.05) is 22.8 Å². The highest BCUT2D eigenvalue weighted by molar-refractivity contribution is 7.14. The number of nitrogens with two attached hydrogens (primary N) is 1. The summed E-state index contributed by atoms with van der Waals surface area (Å²) in [5, 5.41) is 6.69. The summed E-state index contributed by atoms with van der Waals surface area (Å²) in [5.41, 5.74) is 7.81. The number of hydrogen-bond donors (Lipinski definition) is 2. The number of amides is 1. The Morgan fingerprint density at radius 3 is 2.92 bits per heavy atom. The third kappa shape index (κ3) is 4.65. The zero-order valence-electron chi connectivity index (χ0n) is 13.3. The molecule has 7 heteroatoms. The van der Waals surface area contributed by atoms with Gasteiger partial charge in [0.25, 0.3) is 5.91 Å². The van der Waals surface area contributed by atoms with Crippen LogP contribution in [0, 0.1) is 0 Å². The largest absolute Gasteiger partial charge is 0.397 e. The molecule has 6 nitrogen and oxygen atoms in total. The van der Waals surface area contributed by atoms with E-state index in [1.54, 1.807) is 36.8 Å². The highest BCUT2D eigenvalue weighted by Crippen LogP contribution is 2.21. The normalized spacial score (nSPS) is 10.7. The van der Waals surface area contributed by atoms with E-state index in [0.717, 1.165) is 10.4 Å². The van der Waals surface area contributed by atoms with Crippen LogP contribution in [0.4, 0.5) is 11.4 Å². The van der Waals surface area contributed by atoms with Crippen molar-refractivity contribution in [1.29, 1.82) is 0 Å². The number of hydrogen-bond acceptors (Lipinski definition) is 6. The van der Waals surface area contributed by atoms with Gasteiger partial charge in [-0.15, -0.1) is 11.3 Å². The van der Waals surface area contributed by atoms with E-state index in [1.165, 1.54) is 11.3 Å². The SMILES string of the molecule is Nc1ccccc1NC(=O)c1ccc(CON=Cc2cccnc2)s1. The molecular weight excluding hydrogens is 336 g/mol. The first-order valence-electron chi connectivity index (χ1n) is 7.52. The minimum Gasteiger partial charge on any atom is -0.397 e. The minimum atomic E-state index is -0.201. The Kier molecular flexibility index (Phi) is 5.38. The van der Waals surface area contributed by atoms with Crippen LogP contribution in [0.25, 0.3) is 0 Å². The summed E-state index contributed by atoms with van der Waals surface area (Å²) < 4.78 is 0. The molecule has 0 saturated carbocycles. The molecule has 0 aliphatic heterocycles. The number of aromatic nitrogens is 1. The van der Waals surface area contributed by atoms with Gasteiger partial charge in [0.15, 0.2) is 6.61 Å². The molecule has 126 valence electrons. The first-order valence-corrected chi connectivity index (χ1v) is 8.34. The quantitative estimate of drug-likeness (QED) is 0.403. The molecule has 3 aromatic rings. The van der Waals surface area contributed by atoms with Crippen molar-refractivity contribution in [2.75, 3.05) is 11.1 Å². The first kappa shape index (κ1) is 16.7. The zero-order valence-corrected chi connectivity index (χ0v) is 14.1. The lowest BCUT2D eigenvalue weighted by Gasteiger charge is -2.06. The third-order valence-corrected chi connectivity index (χ3v) is 4.32. The molecule has 0 unspecified atom stereocenters. The average molecular weight is 352 g/mol. The maximum Gasteiger partial charge on any atom is 0.265 e. The summed E-state index contributed by atoms with van der Waals surface area (Å²) >= 11 is 1.35. The summed E-state index contributed by atoms with van der Waals surface area (Å²) in [6, 6.07) is 14.4. The summed E-state index contributed by atoms with van der Waals surface area (Å²) in [6.45, 7) is 0.294. The Morgan fingerprint density at radius 2 is 2.12 bits per heavy atom. The lowest BCUT2D eigenvalue weighted by atomic mass is 10.2. The Morgan fingerprint density at radius 1 is 1.24 bits per heavy atom. The number of carbonyl (C=O) groups excluding carboxylic acids is 1. The van der Waals surface area contributed by atoms with E-state index in [9.17, 15) is 4.79 Å². The number of pyridine rings is 1. The molecule has 0 saturated heterocycles. The molecule has 2 aromatic heterocycles. The molecule has 0 fully saturated rings. The van der Waals surface area contributed by atoms with Crippen LogP contribution in [0.5, 0.6) is 0 Å². The van der Waals surface area contributed by atoms with E-state index in [4.69, 9.17) is 10.6 Å². The van der Waals surface area contributed by atoms with Crippen molar-refractivity contribution >= 4 is 34.8 Å². The Balaban J connectivity index is 1.54. The van der Waals surface area contributed by atoms with Crippen LogP contribution in [-0.4, -0.2) is 17.1 Å². The summed E-state index contributed by atoms with van der Waals surface area (Å²) in [7, 11) is 0. The van der Waals surface area contributed by atoms with Gasteiger partial charge in [0.2, 0.25) is 0 Å². The van der Waals surface area contributed by atoms with Gasteiger partial charge in [-0.3, -0.25) is 9.78 Å². The lowest BCUT2D eigenvalue weighted by molar-refractivity contribution is 0.103. The van der Waals surface area contributed by atoms with E-state index in [-0.39, 0.29) is 5.91 Å². The van der Waals surface area contributed by atoms with Gasteiger partial charge in [0.05, 0.1) is 22.5 Å². The van der Waals surface area contributed by atoms with Crippen LogP contribution in [-0.2, 0) is 11.4 Å². The second kappa shape index (κ2) is 8.07. The van der Waals surface area contributed by atoms with Crippen LogP contribution in [0.3, 0.4) is 0 Å². The molecule has 0 aliphatic rings. The predicted octanol–water partition coefficient (Wildman–Crippen LogP) is 3.53. The van der Waals surface area contributed by atoms with Gasteiger partial charge in [-0.2, -0.15) is 0 Å². The van der Waals surface area contributed by atoms with Gasteiger partial charge in [-0.25, -0.2) is 0 Å². The van der Waals surface area contributed by atoms with Gasteiger partial charge >= 0.3 is 0 Å². The topological polar surface area (TPSA) is 89.6 Å². The van der Waals surface area contributed by atoms with Gasteiger partial charge in [-0.05, 0) is 30.3 Å². The molecule has 0 radical (unpaired) electrons. The number of nitrogens with one attached hydrogen (secondary N) is 1. The van der Waals surface area contributed by atoms with E-state index in [1.807, 2.05) is 30.3 Å². The monoisotopic (exact) mass is 352 g/mol. The number of carbonyl (C=O) groups is 1. The van der Waals surface area contributed by atoms with E-state index in [2.05, 4.69) is 15.5 Å². The molecule has 1 amide bonds. The van der Waals surface area contributed by atoms with Gasteiger partial charge < -0.3 is 15.9 Å². The Bertz CT molecular complexity index is 878. The maximum absolute atomic E-state index is 12.3. The second-order valence-corrected chi connectivity index (χ2v) is 6.27. The third-order valence-electron chi connectivity index (χ3n) is 3.26. The fourth-order valence-electron chi connectivity index (χ4n) is 2.02. The highest BCUT2D eigenvalue weighted by Gasteiger charge is 2.11. The molecule has 0 atom stereocenters. The van der Waals surface area contributed by atoms with Crippen LogP contribution >= 0.6 is 11.3 Å². The molecular formula is C18H16N4O2S. The fourth-order valence-corrected chi connectivity index (χ4v) is 2.83. The minimum absolute atomic E-state index is 0.201. The molecule has 25 heavy (non-hydrogen) atoms. The van der Waals surface area contributed by atoms with E-state index >= 15 is 0 Å². The molecule has 0 spiro atoms. The number of benzene rings is 1.